The summed E-state index contributed by atoms with van der Waals surface area (Å²) in [7, 11) is 0. The normalized spacial score (nSPS) is 14.6. The lowest BCUT2D eigenvalue weighted by molar-refractivity contribution is 0.0719. The number of rotatable bonds is 3. The fraction of sp³-hybridized carbons (Fsp3) is 0.571. The molecule has 0 aliphatic heterocycles. The predicted molar refractivity (Wildman–Crippen MR) is 43.2 cm³/mol. The molecule has 11 heavy (non-hydrogen) atoms. The van der Waals surface area contributed by atoms with E-state index in [9.17, 15) is 4.79 Å². The summed E-state index contributed by atoms with van der Waals surface area (Å²) in [5, 5.41) is 0. The maximum absolute atomic E-state index is 10.3. The molecule has 0 spiro atoms. The van der Waals surface area contributed by atoms with Crippen LogP contribution in [0, 0.1) is 12.3 Å². The van der Waals surface area contributed by atoms with Crippen LogP contribution in [0.2, 0.25) is 0 Å². The Morgan fingerprint density at radius 3 is 2.73 bits per heavy atom. The van der Waals surface area contributed by atoms with Crippen molar-refractivity contribution in [2.45, 2.75) is 18.9 Å². The third-order valence-electron chi connectivity index (χ3n) is 1.20. The largest absolute Gasteiger partial charge is 0.430 e. The Balaban J connectivity index is 4.13. The van der Waals surface area contributed by atoms with Gasteiger partial charge in [0.15, 0.2) is 5.60 Å². The van der Waals surface area contributed by atoms with Gasteiger partial charge in [0.05, 0.1) is 0 Å². The van der Waals surface area contributed by atoms with Crippen molar-refractivity contribution in [3.63, 3.8) is 0 Å². The maximum Gasteiger partial charge on any atom is 0.406 e. The van der Waals surface area contributed by atoms with Gasteiger partial charge in [-0.25, -0.2) is 4.79 Å². The Morgan fingerprint density at radius 1 is 1.91 bits per heavy atom. The molecular formula is C7H10ClNO2. The third-order valence-corrected chi connectivity index (χ3v) is 1.39. The third kappa shape index (κ3) is 3.74. The van der Waals surface area contributed by atoms with Crippen molar-refractivity contribution in [3.05, 3.63) is 0 Å². The number of alkyl halides is 1. The highest BCUT2D eigenvalue weighted by molar-refractivity contribution is 6.17. The number of hydrogen-bond acceptors (Lipinski definition) is 2. The van der Waals surface area contributed by atoms with Crippen molar-refractivity contribution in [1.82, 2.24) is 0 Å². The van der Waals surface area contributed by atoms with Crippen molar-refractivity contribution < 1.29 is 9.53 Å². The summed E-state index contributed by atoms with van der Waals surface area (Å²) in [5.41, 5.74) is 3.82. The van der Waals surface area contributed by atoms with E-state index in [1.807, 2.05) is 0 Å². The molecular weight excluding hydrogens is 166 g/mol. The molecule has 0 radical (unpaired) electrons. The quantitative estimate of drug-likeness (QED) is 0.516. The van der Waals surface area contributed by atoms with Gasteiger partial charge in [-0.3, -0.25) is 0 Å². The average Bonchev–Trinajstić information content (AvgIpc) is 1.87. The minimum atomic E-state index is -0.965. The van der Waals surface area contributed by atoms with Crippen LogP contribution in [0.1, 0.15) is 13.3 Å². The molecule has 0 aliphatic carbocycles. The molecule has 1 atom stereocenters. The van der Waals surface area contributed by atoms with E-state index >= 15 is 0 Å². The van der Waals surface area contributed by atoms with E-state index in [0.717, 1.165) is 0 Å². The summed E-state index contributed by atoms with van der Waals surface area (Å²) < 4.78 is 4.65. The number of ether oxygens (including phenoxy) is 1. The van der Waals surface area contributed by atoms with Crippen molar-refractivity contribution in [2.24, 2.45) is 5.73 Å². The molecule has 1 unspecified atom stereocenters. The second-order valence-corrected chi connectivity index (χ2v) is 2.61. The van der Waals surface area contributed by atoms with E-state index in [0.29, 0.717) is 12.3 Å². The minimum absolute atomic E-state index is 0.327. The predicted octanol–water partition coefficient (Wildman–Crippen LogP) is 1.10. The van der Waals surface area contributed by atoms with E-state index in [2.05, 4.69) is 10.7 Å². The Morgan fingerprint density at radius 2 is 2.45 bits per heavy atom. The van der Waals surface area contributed by atoms with Gasteiger partial charge < -0.3 is 10.5 Å². The van der Waals surface area contributed by atoms with Crippen LogP contribution in [0.4, 0.5) is 4.79 Å². The standard InChI is InChI=1S/C7H10ClNO2/c1-3-7(2,4-5-8)11-6(9)10/h1H,4-5H2,2H3,(H2,9,10). The zero-order valence-electron chi connectivity index (χ0n) is 6.26. The lowest BCUT2D eigenvalue weighted by Crippen LogP contribution is -2.33. The first-order chi connectivity index (χ1) is 5.04. The van der Waals surface area contributed by atoms with Crippen LogP contribution in [-0.2, 0) is 4.74 Å². The molecule has 0 aromatic rings. The van der Waals surface area contributed by atoms with E-state index in [1.54, 1.807) is 6.92 Å². The lowest BCUT2D eigenvalue weighted by atomic mass is 10.1. The molecule has 1 amide bonds. The highest BCUT2D eigenvalue weighted by atomic mass is 35.5. The Hall–Kier alpha value is -0.880. The van der Waals surface area contributed by atoms with Gasteiger partial charge in [-0.15, -0.1) is 18.0 Å². The number of terminal acetylenes is 1. The molecule has 0 aromatic heterocycles. The van der Waals surface area contributed by atoms with Crippen LogP contribution in [0.15, 0.2) is 0 Å². The second-order valence-electron chi connectivity index (χ2n) is 2.24. The highest BCUT2D eigenvalue weighted by Crippen LogP contribution is 2.14. The van der Waals surface area contributed by atoms with Gasteiger partial charge in [0.1, 0.15) is 0 Å². The fourth-order valence-electron chi connectivity index (χ4n) is 0.555. The zero-order chi connectivity index (χ0) is 8.91. The molecule has 2 N–H and O–H groups in total. The molecule has 0 aliphatic rings. The summed E-state index contributed by atoms with van der Waals surface area (Å²) in [4.78, 5) is 10.3. The summed E-state index contributed by atoms with van der Waals surface area (Å²) >= 11 is 5.42. The van der Waals surface area contributed by atoms with Crippen LogP contribution in [-0.4, -0.2) is 17.6 Å². The van der Waals surface area contributed by atoms with Crippen LogP contribution in [0.5, 0.6) is 0 Å². The number of halogens is 1. The van der Waals surface area contributed by atoms with E-state index < -0.39 is 11.7 Å². The number of carbonyl (C=O) groups is 1. The summed E-state index contributed by atoms with van der Waals surface area (Å²) in [5.74, 6) is 2.63. The first-order valence-electron chi connectivity index (χ1n) is 3.06. The SMILES string of the molecule is C#CC(C)(CCCl)OC(N)=O. The van der Waals surface area contributed by atoms with Crippen molar-refractivity contribution >= 4 is 17.7 Å². The summed E-state index contributed by atoms with van der Waals surface area (Å²) in [6.45, 7) is 1.58. The molecule has 62 valence electrons. The van der Waals surface area contributed by atoms with Crippen LogP contribution in [0.3, 0.4) is 0 Å². The Labute approximate surface area is 70.8 Å². The van der Waals surface area contributed by atoms with Crippen molar-refractivity contribution in [2.75, 3.05) is 5.88 Å². The lowest BCUT2D eigenvalue weighted by Gasteiger charge is -2.21. The molecule has 0 saturated heterocycles. The van der Waals surface area contributed by atoms with Gasteiger partial charge in [-0.2, -0.15) is 0 Å². The average molecular weight is 176 g/mol. The highest BCUT2D eigenvalue weighted by Gasteiger charge is 2.23. The van der Waals surface area contributed by atoms with Crippen molar-refractivity contribution in [3.8, 4) is 12.3 Å². The summed E-state index contributed by atoms with van der Waals surface area (Å²) in [6.07, 6.45) is 4.62. The molecule has 0 fully saturated rings. The van der Waals surface area contributed by atoms with Gasteiger partial charge in [0, 0.05) is 12.3 Å². The summed E-state index contributed by atoms with van der Waals surface area (Å²) in [6, 6.07) is 0. The molecule has 0 heterocycles. The molecule has 3 nitrogen and oxygen atoms in total. The van der Waals surface area contributed by atoms with Crippen LogP contribution < -0.4 is 5.73 Å². The van der Waals surface area contributed by atoms with Crippen LogP contribution in [0.25, 0.3) is 0 Å². The molecule has 0 rings (SSSR count). The van der Waals surface area contributed by atoms with E-state index in [4.69, 9.17) is 23.8 Å². The van der Waals surface area contributed by atoms with Crippen molar-refractivity contribution in [1.29, 1.82) is 0 Å². The maximum atomic E-state index is 10.3. The molecule has 0 saturated carbocycles. The van der Waals surface area contributed by atoms with E-state index in [1.165, 1.54) is 0 Å². The topological polar surface area (TPSA) is 52.3 Å². The molecule has 0 bridgehead atoms. The smallest absolute Gasteiger partial charge is 0.406 e. The number of nitrogens with two attached hydrogens (primary N) is 1. The van der Waals surface area contributed by atoms with E-state index in [-0.39, 0.29) is 0 Å². The minimum Gasteiger partial charge on any atom is -0.430 e. The number of amides is 1. The van der Waals surface area contributed by atoms with Gasteiger partial charge in [0.25, 0.3) is 0 Å². The number of primary amides is 1. The zero-order valence-corrected chi connectivity index (χ0v) is 7.02. The van der Waals surface area contributed by atoms with Gasteiger partial charge in [-0.05, 0) is 6.92 Å². The Kier molecular flexibility index (Phi) is 3.77. The number of hydrogen-bond donors (Lipinski definition) is 1. The number of carbonyl (C=O) groups excluding carboxylic acids is 1. The Bertz CT molecular complexity index is 187. The monoisotopic (exact) mass is 175 g/mol. The second kappa shape index (κ2) is 4.09. The van der Waals surface area contributed by atoms with Gasteiger partial charge >= 0.3 is 6.09 Å². The van der Waals surface area contributed by atoms with Gasteiger partial charge in [0.2, 0.25) is 0 Å². The van der Waals surface area contributed by atoms with Gasteiger partial charge in [-0.1, -0.05) is 5.92 Å². The fourth-order valence-corrected chi connectivity index (χ4v) is 0.916. The first kappa shape index (κ1) is 10.1. The first-order valence-corrected chi connectivity index (χ1v) is 3.60. The molecule has 4 heteroatoms. The van der Waals surface area contributed by atoms with Crippen LogP contribution >= 0.6 is 11.6 Å². The molecule has 0 aromatic carbocycles.